The van der Waals surface area contributed by atoms with Crippen molar-refractivity contribution in [1.82, 2.24) is 9.97 Å². The predicted molar refractivity (Wildman–Crippen MR) is 200 cm³/mol. The minimum atomic E-state index is -0.432. The SMILES string of the molecule is O=C(Nc1ccc(-c2cnc(-c3ccc(NC(=O)C(c4ccccc4)c4ccccc4)cc3)nc2)cc1)C(c1ccccc1)c1ccccc1. The van der Waals surface area contributed by atoms with Gasteiger partial charge in [-0.3, -0.25) is 9.59 Å². The molecule has 7 aromatic rings. The lowest BCUT2D eigenvalue weighted by atomic mass is 9.90. The van der Waals surface area contributed by atoms with E-state index >= 15 is 0 Å². The minimum Gasteiger partial charge on any atom is -0.325 e. The number of nitrogens with one attached hydrogen (secondary N) is 2. The Hall–Kier alpha value is -6.66. The molecule has 0 atom stereocenters. The summed E-state index contributed by atoms with van der Waals surface area (Å²) in [6.07, 6.45) is 3.58. The summed E-state index contributed by atoms with van der Waals surface area (Å²) in [7, 11) is 0. The van der Waals surface area contributed by atoms with E-state index in [1.807, 2.05) is 170 Å². The van der Waals surface area contributed by atoms with Gasteiger partial charge < -0.3 is 10.6 Å². The van der Waals surface area contributed by atoms with Gasteiger partial charge in [-0.2, -0.15) is 0 Å². The number of carbonyl (C=O) groups excluding carboxylic acids is 2. The van der Waals surface area contributed by atoms with Crippen molar-refractivity contribution < 1.29 is 9.59 Å². The van der Waals surface area contributed by atoms with Crippen LogP contribution in [0.3, 0.4) is 0 Å². The molecule has 2 amide bonds. The predicted octanol–water partition coefficient (Wildman–Crippen LogP) is 9.35. The smallest absolute Gasteiger partial charge is 0.236 e. The number of anilines is 2. The molecule has 6 nitrogen and oxygen atoms in total. The van der Waals surface area contributed by atoms with Crippen molar-refractivity contribution in [3.63, 3.8) is 0 Å². The van der Waals surface area contributed by atoms with E-state index in [0.29, 0.717) is 17.2 Å². The second-order valence-corrected chi connectivity index (χ2v) is 11.9. The summed E-state index contributed by atoms with van der Waals surface area (Å²) in [6.45, 7) is 0. The number of benzene rings is 6. The average molecular weight is 651 g/mol. The fraction of sp³-hybridized carbons (Fsp3) is 0.0455. The van der Waals surface area contributed by atoms with E-state index in [-0.39, 0.29) is 11.8 Å². The van der Waals surface area contributed by atoms with Crippen LogP contribution in [0.25, 0.3) is 22.5 Å². The number of aromatic nitrogens is 2. The fourth-order valence-electron chi connectivity index (χ4n) is 6.08. The molecular weight excluding hydrogens is 617 g/mol. The van der Waals surface area contributed by atoms with Crippen LogP contribution in [0.1, 0.15) is 34.1 Å². The average Bonchev–Trinajstić information content (AvgIpc) is 3.17. The zero-order chi connectivity index (χ0) is 34.1. The van der Waals surface area contributed by atoms with Crippen LogP contribution in [-0.2, 0) is 9.59 Å². The van der Waals surface area contributed by atoms with Crippen LogP contribution in [0.5, 0.6) is 0 Å². The zero-order valence-corrected chi connectivity index (χ0v) is 27.2. The van der Waals surface area contributed by atoms with E-state index in [1.54, 1.807) is 12.4 Å². The van der Waals surface area contributed by atoms with Crippen molar-refractivity contribution in [3.05, 3.63) is 205 Å². The van der Waals surface area contributed by atoms with Gasteiger partial charge in [0.05, 0.1) is 11.8 Å². The standard InChI is InChI=1S/C44H34N4O2/c49-43(40(32-13-5-1-6-14-32)33-15-7-2-8-16-33)47-38-25-21-31(22-26-38)37-29-45-42(46-30-37)36-23-27-39(28-24-36)48-44(50)41(34-17-9-3-10-18-34)35-19-11-4-12-20-35/h1-30,40-41H,(H,47,49)(H,48,50). The molecule has 50 heavy (non-hydrogen) atoms. The maximum atomic E-state index is 13.5. The highest BCUT2D eigenvalue weighted by atomic mass is 16.2. The molecule has 0 aliphatic heterocycles. The zero-order valence-electron chi connectivity index (χ0n) is 27.2. The number of hydrogen-bond acceptors (Lipinski definition) is 4. The second-order valence-electron chi connectivity index (χ2n) is 11.9. The molecule has 0 aliphatic carbocycles. The molecule has 0 aliphatic rings. The lowest BCUT2D eigenvalue weighted by Crippen LogP contribution is -2.22. The normalized spacial score (nSPS) is 10.9. The molecule has 7 rings (SSSR count). The minimum absolute atomic E-state index is 0.0966. The van der Waals surface area contributed by atoms with Crippen LogP contribution in [0.15, 0.2) is 182 Å². The van der Waals surface area contributed by atoms with Crippen LogP contribution >= 0.6 is 0 Å². The summed E-state index contributed by atoms with van der Waals surface area (Å²) in [5, 5.41) is 6.17. The summed E-state index contributed by atoms with van der Waals surface area (Å²) >= 11 is 0. The molecule has 2 N–H and O–H groups in total. The first-order valence-corrected chi connectivity index (χ1v) is 16.5. The monoisotopic (exact) mass is 650 g/mol. The van der Waals surface area contributed by atoms with Crippen molar-refractivity contribution >= 4 is 23.2 Å². The fourth-order valence-corrected chi connectivity index (χ4v) is 6.08. The van der Waals surface area contributed by atoms with Gasteiger partial charge in [0.15, 0.2) is 5.82 Å². The molecule has 0 spiro atoms. The third-order valence-corrected chi connectivity index (χ3v) is 8.60. The van der Waals surface area contributed by atoms with E-state index < -0.39 is 11.8 Å². The van der Waals surface area contributed by atoms with E-state index in [9.17, 15) is 9.59 Å². The Morgan fingerprint density at radius 1 is 0.380 bits per heavy atom. The Kier molecular flexibility index (Phi) is 9.61. The molecule has 0 saturated heterocycles. The maximum Gasteiger partial charge on any atom is 0.236 e. The van der Waals surface area contributed by atoms with Crippen LogP contribution in [0, 0.1) is 0 Å². The molecule has 6 aromatic carbocycles. The Bertz CT molecular complexity index is 1920. The maximum absolute atomic E-state index is 13.5. The Balaban J connectivity index is 1.01. The van der Waals surface area contributed by atoms with Crippen LogP contribution in [0.2, 0.25) is 0 Å². The quantitative estimate of drug-likeness (QED) is 0.155. The first-order valence-electron chi connectivity index (χ1n) is 16.5. The van der Waals surface area contributed by atoms with Gasteiger partial charge in [-0.15, -0.1) is 0 Å². The van der Waals surface area contributed by atoms with Gasteiger partial charge in [-0.05, 0) is 64.2 Å². The van der Waals surface area contributed by atoms with Crippen LogP contribution < -0.4 is 10.6 Å². The first-order chi connectivity index (χ1) is 24.6. The second kappa shape index (κ2) is 15.0. The molecule has 0 fully saturated rings. The summed E-state index contributed by atoms with van der Waals surface area (Å²) < 4.78 is 0. The number of amides is 2. The summed E-state index contributed by atoms with van der Waals surface area (Å²) in [4.78, 5) is 36.2. The summed E-state index contributed by atoms with van der Waals surface area (Å²) in [5.41, 5.74) is 7.75. The number of rotatable bonds is 10. The Morgan fingerprint density at radius 3 is 1.04 bits per heavy atom. The highest BCUT2D eigenvalue weighted by Gasteiger charge is 2.24. The third-order valence-electron chi connectivity index (χ3n) is 8.60. The van der Waals surface area contributed by atoms with E-state index in [1.165, 1.54) is 0 Å². The van der Waals surface area contributed by atoms with Crippen LogP contribution in [-0.4, -0.2) is 21.8 Å². The topological polar surface area (TPSA) is 84.0 Å². The molecule has 1 heterocycles. The van der Waals surface area contributed by atoms with Gasteiger partial charge >= 0.3 is 0 Å². The molecular formula is C44H34N4O2. The van der Waals surface area contributed by atoms with Gasteiger partial charge in [-0.1, -0.05) is 133 Å². The molecule has 0 saturated carbocycles. The van der Waals surface area contributed by atoms with E-state index in [0.717, 1.165) is 38.9 Å². The van der Waals surface area contributed by atoms with Gasteiger partial charge in [0.2, 0.25) is 11.8 Å². The van der Waals surface area contributed by atoms with Gasteiger partial charge in [0.1, 0.15) is 0 Å². The van der Waals surface area contributed by atoms with Crippen molar-refractivity contribution in [2.75, 3.05) is 10.6 Å². The van der Waals surface area contributed by atoms with Gasteiger partial charge in [-0.25, -0.2) is 9.97 Å². The highest BCUT2D eigenvalue weighted by molar-refractivity contribution is 5.99. The molecule has 0 bridgehead atoms. The van der Waals surface area contributed by atoms with Gasteiger partial charge in [0.25, 0.3) is 0 Å². The van der Waals surface area contributed by atoms with Crippen molar-refractivity contribution in [2.45, 2.75) is 11.8 Å². The number of nitrogens with zero attached hydrogens (tertiary/aromatic N) is 2. The summed E-state index contributed by atoms with van der Waals surface area (Å²) in [5.74, 6) is -0.480. The summed E-state index contributed by atoms with van der Waals surface area (Å²) in [6, 6.07) is 54.4. The Morgan fingerprint density at radius 2 is 0.700 bits per heavy atom. The number of hydrogen-bond donors (Lipinski definition) is 2. The van der Waals surface area contributed by atoms with Crippen molar-refractivity contribution in [2.24, 2.45) is 0 Å². The third kappa shape index (κ3) is 7.40. The lowest BCUT2D eigenvalue weighted by Gasteiger charge is -2.18. The van der Waals surface area contributed by atoms with Crippen LogP contribution in [0.4, 0.5) is 11.4 Å². The molecule has 0 unspecified atom stereocenters. The first kappa shape index (κ1) is 31.9. The van der Waals surface area contributed by atoms with E-state index in [4.69, 9.17) is 0 Å². The van der Waals surface area contributed by atoms with Gasteiger partial charge in [0, 0.05) is 34.9 Å². The lowest BCUT2D eigenvalue weighted by molar-refractivity contribution is -0.117. The van der Waals surface area contributed by atoms with Crippen molar-refractivity contribution in [1.29, 1.82) is 0 Å². The molecule has 6 heteroatoms. The molecule has 1 aromatic heterocycles. The largest absolute Gasteiger partial charge is 0.325 e. The molecule has 0 radical (unpaired) electrons. The van der Waals surface area contributed by atoms with E-state index in [2.05, 4.69) is 20.6 Å². The number of carbonyl (C=O) groups is 2. The highest BCUT2D eigenvalue weighted by Crippen LogP contribution is 2.29. The Labute approximate surface area is 291 Å². The van der Waals surface area contributed by atoms with Crippen molar-refractivity contribution in [3.8, 4) is 22.5 Å². The molecule has 242 valence electrons.